The summed E-state index contributed by atoms with van der Waals surface area (Å²) in [5, 5.41) is 3.20. The van der Waals surface area contributed by atoms with Gasteiger partial charge in [0.15, 0.2) is 0 Å². The summed E-state index contributed by atoms with van der Waals surface area (Å²) in [6.07, 6.45) is 6.91. The Morgan fingerprint density at radius 3 is 2.25 bits per heavy atom. The van der Waals surface area contributed by atoms with E-state index in [9.17, 15) is 9.59 Å². The fourth-order valence-corrected chi connectivity index (χ4v) is 5.10. The van der Waals surface area contributed by atoms with E-state index < -0.39 is 6.04 Å². The van der Waals surface area contributed by atoms with Crippen molar-refractivity contribution in [3.05, 3.63) is 71.8 Å². The van der Waals surface area contributed by atoms with E-state index in [0.29, 0.717) is 13.0 Å². The molecule has 0 aliphatic heterocycles. The van der Waals surface area contributed by atoms with Crippen LogP contribution in [-0.4, -0.2) is 41.1 Å². The standard InChI is InChI=1S/C27H36N2O2S/c1-22(27(31)28-25-15-9-4-10-16-25)29(19-17-23-11-5-2-6-12-23)26(30)18-20-32-21-24-13-7-3-8-14-24/h2-3,5-8,11-14,22,25H,4,9-10,15-21H2,1H3,(H,28,31)/t22-/m1/s1. The normalized spacial score (nSPS) is 15.2. The maximum absolute atomic E-state index is 13.1. The van der Waals surface area contributed by atoms with Crippen LogP contribution in [0.15, 0.2) is 60.7 Å². The Morgan fingerprint density at radius 2 is 1.59 bits per heavy atom. The lowest BCUT2D eigenvalue weighted by molar-refractivity contribution is -0.140. The third-order valence-electron chi connectivity index (χ3n) is 6.17. The van der Waals surface area contributed by atoms with Crippen molar-refractivity contribution in [1.82, 2.24) is 10.2 Å². The molecule has 1 atom stereocenters. The Labute approximate surface area is 197 Å². The molecule has 1 N–H and O–H groups in total. The highest BCUT2D eigenvalue weighted by atomic mass is 32.2. The Kier molecular flexibility index (Phi) is 10.1. The van der Waals surface area contributed by atoms with Crippen molar-refractivity contribution >= 4 is 23.6 Å². The lowest BCUT2D eigenvalue weighted by Gasteiger charge is -2.31. The van der Waals surface area contributed by atoms with E-state index in [0.717, 1.165) is 30.8 Å². The molecule has 0 radical (unpaired) electrons. The van der Waals surface area contributed by atoms with Gasteiger partial charge in [-0.05, 0) is 37.3 Å². The molecule has 2 aromatic rings. The molecule has 1 fully saturated rings. The molecule has 0 saturated heterocycles. The molecule has 3 rings (SSSR count). The molecule has 5 heteroatoms. The van der Waals surface area contributed by atoms with Crippen LogP contribution in [0.25, 0.3) is 0 Å². The second-order valence-corrected chi connectivity index (χ2v) is 9.74. The Bertz CT molecular complexity index is 822. The van der Waals surface area contributed by atoms with Crippen LogP contribution in [-0.2, 0) is 21.8 Å². The maximum atomic E-state index is 13.1. The van der Waals surface area contributed by atoms with Gasteiger partial charge in [-0.2, -0.15) is 11.8 Å². The van der Waals surface area contributed by atoms with E-state index in [1.165, 1.54) is 30.4 Å². The minimum Gasteiger partial charge on any atom is -0.352 e. The van der Waals surface area contributed by atoms with Gasteiger partial charge in [0.25, 0.3) is 0 Å². The van der Waals surface area contributed by atoms with Crippen LogP contribution in [0.5, 0.6) is 0 Å². The second-order valence-electron chi connectivity index (χ2n) is 8.63. The summed E-state index contributed by atoms with van der Waals surface area (Å²) < 4.78 is 0. The summed E-state index contributed by atoms with van der Waals surface area (Å²) in [6.45, 7) is 2.43. The van der Waals surface area contributed by atoms with Crippen molar-refractivity contribution in [3.8, 4) is 0 Å². The predicted molar refractivity (Wildman–Crippen MR) is 134 cm³/mol. The maximum Gasteiger partial charge on any atom is 0.242 e. The summed E-state index contributed by atoms with van der Waals surface area (Å²) in [5.41, 5.74) is 2.45. The predicted octanol–water partition coefficient (Wildman–Crippen LogP) is 5.22. The van der Waals surface area contributed by atoms with Gasteiger partial charge in [0.2, 0.25) is 11.8 Å². The number of benzene rings is 2. The minimum absolute atomic E-state index is 0.0183. The highest BCUT2D eigenvalue weighted by Crippen LogP contribution is 2.18. The van der Waals surface area contributed by atoms with E-state index in [-0.39, 0.29) is 17.9 Å². The zero-order valence-electron chi connectivity index (χ0n) is 19.2. The lowest BCUT2D eigenvalue weighted by Crippen LogP contribution is -2.51. The molecule has 0 aromatic heterocycles. The Morgan fingerprint density at radius 1 is 0.969 bits per heavy atom. The molecule has 0 heterocycles. The van der Waals surface area contributed by atoms with Crippen LogP contribution in [0.4, 0.5) is 0 Å². The molecule has 172 valence electrons. The quantitative estimate of drug-likeness (QED) is 0.476. The summed E-state index contributed by atoms with van der Waals surface area (Å²) in [4.78, 5) is 27.9. The molecule has 2 amide bonds. The molecular formula is C27H36N2O2S. The van der Waals surface area contributed by atoms with Gasteiger partial charge in [-0.3, -0.25) is 9.59 Å². The largest absolute Gasteiger partial charge is 0.352 e. The van der Waals surface area contributed by atoms with Gasteiger partial charge in [-0.25, -0.2) is 0 Å². The number of thioether (sulfide) groups is 1. The average molecular weight is 453 g/mol. The first kappa shape index (κ1) is 24.4. The first-order valence-electron chi connectivity index (χ1n) is 11.9. The van der Waals surface area contributed by atoms with Crippen molar-refractivity contribution in [2.45, 2.75) is 69.7 Å². The van der Waals surface area contributed by atoms with Gasteiger partial charge >= 0.3 is 0 Å². The van der Waals surface area contributed by atoms with Gasteiger partial charge < -0.3 is 10.2 Å². The van der Waals surface area contributed by atoms with Crippen molar-refractivity contribution in [3.63, 3.8) is 0 Å². The van der Waals surface area contributed by atoms with Gasteiger partial charge in [0.1, 0.15) is 6.04 Å². The molecular weight excluding hydrogens is 416 g/mol. The number of rotatable bonds is 11. The third kappa shape index (κ3) is 8.01. The molecule has 32 heavy (non-hydrogen) atoms. The fourth-order valence-electron chi connectivity index (χ4n) is 4.21. The van der Waals surface area contributed by atoms with Crippen molar-refractivity contribution in [1.29, 1.82) is 0 Å². The minimum atomic E-state index is -0.452. The molecule has 0 spiro atoms. The van der Waals surface area contributed by atoms with Crippen LogP contribution >= 0.6 is 11.8 Å². The van der Waals surface area contributed by atoms with E-state index in [1.54, 1.807) is 16.7 Å². The van der Waals surface area contributed by atoms with Crippen LogP contribution in [0, 0.1) is 0 Å². The van der Waals surface area contributed by atoms with Gasteiger partial charge in [0, 0.05) is 30.5 Å². The van der Waals surface area contributed by atoms with E-state index in [2.05, 4.69) is 29.6 Å². The first-order chi connectivity index (χ1) is 15.6. The number of hydrogen-bond donors (Lipinski definition) is 1. The number of carbonyl (C=O) groups excluding carboxylic acids is 2. The van der Waals surface area contributed by atoms with Gasteiger partial charge in [0.05, 0.1) is 0 Å². The van der Waals surface area contributed by atoms with E-state index >= 15 is 0 Å². The first-order valence-corrected chi connectivity index (χ1v) is 13.0. The summed E-state index contributed by atoms with van der Waals surface area (Å²) in [7, 11) is 0. The molecule has 0 unspecified atom stereocenters. The van der Waals surface area contributed by atoms with Crippen LogP contribution in [0.3, 0.4) is 0 Å². The van der Waals surface area contributed by atoms with Crippen LogP contribution < -0.4 is 5.32 Å². The monoisotopic (exact) mass is 452 g/mol. The second kappa shape index (κ2) is 13.3. The lowest BCUT2D eigenvalue weighted by atomic mass is 9.95. The number of nitrogens with zero attached hydrogens (tertiary/aromatic N) is 1. The molecule has 1 aliphatic rings. The molecule has 1 aliphatic carbocycles. The number of hydrogen-bond acceptors (Lipinski definition) is 3. The third-order valence-corrected chi connectivity index (χ3v) is 7.21. The highest BCUT2D eigenvalue weighted by Gasteiger charge is 2.27. The van der Waals surface area contributed by atoms with Gasteiger partial charge in [-0.1, -0.05) is 79.9 Å². The smallest absolute Gasteiger partial charge is 0.242 e. The van der Waals surface area contributed by atoms with Crippen molar-refractivity contribution in [2.24, 2.45) is 0 Å². The van der Waals surface area contributed by atoms with Crippen LogP contribution in [0.1, 0.15) is 56.6 Å². The SMILES string of the molecule is C[C@H](C(=O)NC1CCCCC1)N(CCc1ccccc1)C(=O)CCSCc1ccccc1. The zero-order chi connectivity index (χ0) is 22.6. The zero-order valence-corrected chi connectivity index (χ0v) is 20.0. The fraction of sp³-hybridized carbons (Fsp3) is 0.481. The molecule has 4 nitrogen and oxygen atoms in total. The van der Waals surface area contributed by atoms with E-state index in [1.807, 2.05) is 43.3 Å². The highest BCUT2D eigenvalue weighted by molar-refractivity contribution is 7.98. The number of carbonyl (C=O) groups is 2. The average Bonchev–Trinajstić information content (AvgIpc) is 2.84. The molecule has 1 saturated carbocycles. The number of amides is 2. The van der Waals surface area contributed by atoms with Crippen molar-refractivity contribution in [2.75, 3.05) is 12.3 Å². The topological polar surface area (TPSA) is 49.4 Å². The Hall–Kier alpha value is -2.27. The summed E-state index contributed by atoms with van der Waals surface area (Å²) in [6, 6.07) is 20.3. The summed E-state index contributed by atoms with van der Waals surface area (Å²) >= 11 is 1.77. The summed E-state index contributed by atoms with van der Waals surface area (Å²) in [5.74, 6) is 1.70. The molecule has 2 aromatic carbocycles. The van der Waals surface area contributed by atoms with Crippen LogP contribution in [0.2, 0.25) is 0 Å². The number of nitrogens with one attached hydrogen (secondary N) is 1. The Balaban J connectivity index is 1.55. The van der Waals surface area contributed by atoms with Crippen molar-refractivity contribution < 1.29 is 9.59 Å². The van der Waals surface area contributed by atoms with E-state index in [4.69, 9.17) is 0 Å². The van der Waals surface area contributed by atoms with Gasteiger partial charge in [-0.15, -0.1) is 0 Å². The molecule has 0 bridgehead atoms.